The fraction of sp³-hybridized carbons (Fsp3) is 0.529. The van der Waals surface area contributed by atoms with Crippen molar-refractivity contribution in [3.8, 4) is 5.75 Å². The van der Waals surface area contributed by atoms with Crippen LogP contribution in [0.3, 0.4) is 0 Å². The van der Waals surface area contributed by atoms with E-state index in [-0.39, 0.29) is 17.9 Å². The molecular weight excluding hydrogens is 282 g/mol. The Hall–Kier alpha value is -2.04. The minimum Gasteiger partial charge on any atom is -0.492 e. The summed E-state index contributed by atoms with van der Waals surface area (Å²) in [5, 5.41) is 9.20. The monoisotopic (exact) mass is 303 g/mol. The number of hydrogen-bond donors (Lipinski definition) is 1. The van der Waals surface area contributed by atoms with E-state index in [2.05, 4.69) is 0 Å². The second-order valence-corrected chi connectivity index (χ2v) is 6.27. The van der Waals surface area contributed by atoms with Crippen molar-refractivity contribution in [3.05, 3.63) is 29.8 Å². The SMILES string of the molecule is CC1CCC(C(=O)O)CN1C(=O)C1COc2ccccc2C1. The Labute approximate surface area is 129 Å². The third-order valence-electron chi connectivity index (χ3n) is 4.74. The van der Waals surface area contributed by atoms with Crippen molar-refractivity contribution in [1.82, 2.24) is 4.90 Å². The first kappa shape index (κ1) is 14.9. The van der Waals surface area contributed by atoms with Gasteiger partial charge in [-0.1, -0.05) is 18.2 Å². The van der Waals surface area contributed by atoms with Crippen molar-refractivity contribution in [1.29, 1.82) is 0 Å². The Bertz CT molecular complexity index is 586. The maximum atomic E-state index is 12.8. The van der Waals surface area contributed by atoms with E-state index in [1.165, 1.54) is 0 Å². The molecule has 22 heavy (non-hydrogen) atoms. The molecule has 1 N–H and O–H groups in total. The molecule has 0 radical (unpaired) electrons. The first-order valence-corrected chi connectivity index (χ1v) is 7.80. The first-order valence-electron chi connectivity index (χ1n) is 7.80. The van der Waals surface area contributed by atoms with Crippen molar-refractivity contribution >= 4 is 11.9 Å². The Kier molecular flexibility index (Phi) is 4.05. The Morgan fingerprint density at radius 3 is 2.77 bits per heavy atom. The number of likely N-dealkylation sites (tertiary alicyclic amines) is 1. The second-order valence-electron chi connectivity index (χ2n) is 6.27. The molecule has 1 aromatic carbocycles. The van der Waals surface area contributed by atoms with Crippen molar-refractivity contribution in [2.45, 2.75) is 32.2 Å². The fourth-order valence-corrected chi connectivity index (χ4v) is 3.34. The summed E-state index contributed by atoms with van der Waals surface area (Å²) >= 11 is 0. The summed E-state index contributed by atoms with van der Waals surface area (Å²) in [5.41, 5.74) is 1.05. The largest absolute Gasteiger partial charge is 0.492 e. The molecule has 5 nitrogen and oxygen atoms in total. The first-order chi connectivity index (χ1) is 10.6. The molecule has 0 aromatic heterocycles. The zero-order valence-electron chi connectivity index (χ0n) is 12.7. The number of piperidine rings is 1. The summed E-state index contributed by atoms with van der Waals surface area (Å²) in [7, 11) is 0. The summed E-state index contributed by atoms with van der Waals surface area (Å²) in [4.78, 5) is 25.7. The predicted octanol–water partition coefficient (Wildman–Crippen LogP) is 1.95. The van der Waals surface area contributed by atoms with Crippen molar-refractivity contribution in [3.63, 3.8) is 0 Å². The molecule has 0 bridgehead atoms. The van der Waals surface area contributed by atoms with Gasteiger partial charge in [0.2, 0.25) is 5.91 Å². The summed E-state index contributed by atoms with van der Waals surface area (Å²) in [6, 6.07) is 7.86. The number of carbonyl (C=O) groups excluding carboxylic acids is 1. The van der Waals surface area contributed by atoms with E-state index in [1.807, 2.05) is 31.2 Å². The topological polar surface area (TPSA) is 66.8 Å². The summed E-state index contributed by atoms with van der Waals surface area (Å²) in [6.07, 6.45) is 2.05. The van der Waals surface area contributed by atoms with Crippen LogP contribution in [0.15, 0.2) is 24.3 Å². The smallest absolute Gasteiger partial charge is 0.308 e. The van der Waals surface area contributed by atoms with Crippen LogP contribution in [0.2, 0.25) is 0 Å². The lowest BCUT2D eigenvalue weighted by molar-refractivity contribution is -0.149. The Morgan fingerprint density at radius 2 is 2.00 bits per heavy atom. The van der Waals surface area contributed by atoms with Gasteiger partial charge in [-0.15, -0.1) is 0 Å². The number of benzene rings is 1. The van der Waals surface area contributed by atoms with Crippen LogP contribution < -0.4 is 4.74 Å². The van der Waals surface area contributed by atoms with Gasteiger partial charge in [0.15, 0.2) is 0 Å². The minimum atomic E-state index is -0.810. The van der Waals surface area contributed by atoms with Crippen molar-refractivity contribution in [2.75, 3.05) is 13.2 Å². The van der Waals surface area contributed by atoms with E-state index < -0.39 is 11.9 Å². The van der Waals surface area contributed by atoms with Gasteiger partial charge in [0.1, 0.15) is 12.4 Å². The number of nitrogens with zero attached hydrogens (tertiary/aromatic N) is 1. The van der Waals surface area contributed by atoms with E-state index in [0.29, 0.717) is 26.0 Å². The van der Waals surface area contributed by atoms with Gasteiger partial charge in [0.25, 0.3) is 0 Å². The minimum absolute atomic E-state index is 0.0213. The highest BCUT2D eigenvalue weighted by atomic mass is 16.5. The van der Waals surface area contributed by atoms with E-state index in [9.17, 15) is 14.7 Å². The number of para-hydroxylation sites is 1. The van der Waals surface area contributed by atoms with E-state index in [1.54, 1.807) is 4.90 Å². The molecule has 0 spiro atoms. The zero-order valence-corrected chi connectivity index (χ0v) is 12.7. The molecule has 2 aliphatic heterocycles. The highest BCUT2D eigenvalue weighted by molar-refractivity contribution is 5.81. The third-order valence-corrected chi connectivity index (χ3v) is 4.74. The summed E-state index contributed by atoms with van der Waals surface area (Å²) < 4.78 is 5.69. The van der Waals surface area contributed by atoms with Crippen LogP contribution in [-0.4, -0.2) is 41.1 Å². The Balaban J connectivity index is 1.72. The predicted molar refractivity (Wildman–Crippen MR) is 80.7 cm³/mol. The second kappa shape index (κ2) is 5.99. The number of fused-ring (bicyclic) bond motifs is 1. The fourth-order valence-electron chi connectivity index (χ4n) is 3.34. The number of carbonyl (C=O) groups is 2. The lowest BCUT2D eigenvalue weighted by Crippen LogP contribution is -2.51. The molecule has 2 heterocycles. The van der Waals surface area contributed by atoms with Gasteiger partial charge in [-0.25, -0.2) is 0 Å². The van der Waals surface area contributed by atoms with Gasteiger partial charge in [-0.05, 0) is 37.8 Å². The molecule has 1 saturated heterocycles. The van der Waals surface area contributed by atoms with E-state index in [0.717, 1.165) is 17.7 Å². The maximum absolute atomic E-state index is 12.8. The zero-order chi connectivity index (χ0) is 15.7. The molecule has 0 aliphatic carbocycles. The van der Waals surface area contributed by atoms with Crippen molar-refractivity contribution in [2.24, 2.45) is 11.8 Å². The molecule has 1 amide bonds. The van der Waals surface area contributed by atoms with Gasteiger partial charge in [0, 0.05) is 12.6 Å². The van der Waals surface area contributed by atoms with Gasteiger partial charge in [0.05, 0.1) is 11.8 Å². The Morgan fingerprint density at radius 1 is 1.23 bits per heavy atom. The maximum Gasteiger partial charge on any atom is 0.308 e. The standard InChI is InChI=1S/C17H21NO4/c1-11-6-7-13(17(20)21)9-18(11)16(19)14-8-12-4-2-3-5-15(12)22-10-14/h2-5,11,13-14H,6-10H2,1H3,(H,20,21). The molecule has 0 saturated carbocycles. The molecule has 2 aliphatic rings. The van der Waals surface area contributed by atoms with E-state index in [4.69, 9.17) is 4.74 Å². The number of amides is 1. The van der Waals surface area contributed by atoms with Crippen LogP contribution in [0.4, 0.5) is 0 Å². The number of carboxylic acid groups (broad SMARTS) is 1. The average Bonchev–Trinajstić information content (AvgIpc) is 2.54. The molecule has 3 rings (SSSR count). The lowest BCUT2D eigenvalue weighted by atomic mass is 9.90. The quantitative estimate of drug-likeness (QED) is 0.907. The molecule has 3 atom stereocenters. The van der Waals surface area contributed by atoms with Crippen molar-refractivity contribution < 1.29 is 19.4 Å². The number of hydrogen-bond acceptors (Lipinski definition) is 3. The van der Waals surface area contributed by atoms with Crippen LogP contribution in [0.1, 0.15) is 25.3 Å². The van der Waals surface area contributed by atoms with Crippen LogP contribution in [0, 0.1) is 11.8 Å². The van der Waals surface area contributed by atoms with Gasteiger partial charge in [-0.3, -0.25) is 9.59 Å². The molecule has 1 aromatic rings. The van der Waals surface area contributed by atoms with Gasteiger partial charge < -0.3 is 14.7 Å². The molecule has 1 fully saturated rings. The highest BCUT2D eigenvalue weighted by Crippen LogP contribution is 2.30. The van der Waals surface area contributed by atoms with Crippen LogP contribution in [-0.2, 0) is 16.0 Å². The molecular formula is C17H21NO4. The molecule has 5 heteroatoms. The number of ether oxygens (including phenoxy) is 1. The number of aliphatic carboxylic acids is 1. The van der Waals surface area contributed by atoms with Gasteiger partial charge >= 0.3 is 5.97 Å². The van der Waals surface area contributed by atoms with Crippen LogP contribution in [0.25, 0.3) is 0 Å². The van der Waals surface area contributed by atoms with Gasteiger partial charge in [-0.2, -0.15) is 0 Å². The number of rotatable bonds is 2. The normalized spacial score (nSPS) is 27.7. The number of carboxylic acids is 1. The summed E-state index contributed by atoms with van der Waals surface area (Å²) in [5.74, 6) is -0.605. The highest BCUT2D eigenvalue weighted by Gasteiger charge is 2.36. The van der Waals surface area contributed by atoms with E-state index >= 15 is 0 Å². The third kappa shape index (κ3) is 2.80. The molecule has 3 unspecified atom stereocenters. The summed E-state index contributed by atoms with van der Waals surface area (Å²) in [6.45, 7) is 2.68. The van der Waals surface area contributed by atoms with Crippen LogP contribution >= 0.6 is 0 Å². The lowest BCUT2D eigenvalue weighted by Gasteiger charge is -2.39. The van der Waals surface area contributed by atoms with Crippen LogP contribution in [0.5, 0.6) is 5.75 Å². The molecule has 118 valence electrons. The average molecular weight is 303 g/mol.